The maximum absolute atomic E-state index is 12.2. The van der Waals surface area contributed by atoms with Gasteiger partial charge in [0.05, 0.1) is 12.4 Å². The van der Waals surface area contributed by atoms with Gasteiger partial charge in [0.25, 0.3) is 5.91 Å². The zero-order chi connectivity index (χ0) is 12.5. The minimum atomic E-state index is -0.133. The summed E-state index contributed by atoms with van der Waals surface area (Å²) in [6, 6.07) is 8.03. The first-order valence-electron chi connectivity index (χ1n) is 5.67. The zero-order valence-corrected chi connectivity index (χ0v) is 9.71. The molecule has 5 heteroatoms. The number of nitrogen functional groups attached to an aromatic ring is 1. The number of carbonyl (C=O) groups excluding carboxylic acids is 1. The maximum atomic E-state index is 12.2. The first-order valence-corrected chi connectivity index (χ1v) is 5.67. The number of fused-ring (bicyclic) bond motifs is 1. The first kappa shape index (κ1) is 10.7. The third-order valence-corrected chi connectivity index (χ3v) is 3.00. The molecule has 0 bridgehead atoms. The van der Waals surface area contributed by atoms with Crippen LogP contribution in [-0.4, -0.2) is 20.8 Å². The van der Waals surface area contributed by atoms with Gasteiger partial charge < -0.3 is 10.6 Å². The van der Waals surface area contributed by atoms with Gasteiger partial charge in [-0.3, -0.25) is 9.78 Å². The Morgan fingerprint density at radius 1 is 1.17 bits per heavy atom. The average Bonchev–Trinajstić information content (AvgIpc) is 2.81. The molecule has 0 saturated carbocycles. The van der Waals surface area contributed by atoms with Crippen LogP contribution >= 0.6 is 0 Å². The molecule has 1 aliphatic rings. The van der Waals surface area contributed by atoms with Gasteiger partial charge in [0.2, 0.25) is 0 Å². The van der Waals surface area contributed by atoms with Crippen molar-refractivity contribution in [2.75, 3.05) is 5.73 Å². The van der Waals surface area contributed by atoms with Crippen molar-refractivity contribution in [1.29, 1.82) is 0 Å². The van der Waals surface area contributed by atoms with Crippen LogP contribution in [0.4, 0.5) is 5.82 Å². The summed E-state index contributed by atoms with van der Waals surface area (Å²) in [5, 5.41) is 0. The molecule has 1 amide bonds. The third-order valence-electron chi connectivity index (χ3n) is 3.00. The van der Waals surface area contributed by atoms with Crippen LogP contribution in [0.2, 0.25) is 0 Å². The monoisotopic (exact) mass is 240 g/mol. The summed E-state index contributed by atoms with van der Waals surface area (Å²) in [5.41, 5.74) is 8.20. The molecule has 0 radical (unpaired) electrons. The second kappa shape index (κ2) is 4.10. The van der Waals surface area contributed by atoms with E-state index in [4.69, 9.17) is 5.73 Å². The van der Waals surface area contributed by atoms with E-state index in [-0.39, 0.29) is 11.7 Å². The van der Waals surface area contributed by atoms with E-state index in [1.165, 1.54) is 23.5 Å². The number of rotatable bonds is 1. The molecule has 0 fully saturated rings. The molecule has 3 rings (SSSR count). The Hall–Kier alpha value is -2.43. The summed E-state index contributed by atoms with van der Waals surface area (Å²) in [7, 11) is 0. The molecule has 2 heterocycles. The summed E-state index contributed by atoms with van der Waals surface area (Å²) in [5.74, 6) is 0.128. The highest BCUT2D eigenvalue weighted by molar-refractivity contribution is 5.92. The number of nitrogens with two attached hydrogens (primary N) is 1. The smallest absolute Gasteiger partial charge is 0.274 e. The molecule has 0 atom stereocenters. The Morgan fingerprint density at radius 3 is 2.44 bits per heavy atom. The van der Waals surface area contributed by atoms with Crippen LogP contribution in [0.1, 0.15) is 21.6 Å². The van der Waals surface area contributed by atoms with Crippen LogP contribution in [0.25, 0.3) is 0 Å². The van der Waals surface area contributed by atoms with Crippen LogP contribution in [0.5, 0.6) is 0 Å². The molecule has 90 valence electrons. The van der Waals surface area contributed by atoms with Crippen LogP contribution < -0.4 is 5.73 Å². The first-order chi connectivity index (χ1) is 8.74. The van der Waals surface area contributed by atoms with Crippen molar-refractivity contribution in [3.8, 4) is 0 Å². The van der Waals surface area contributed by atoms with E-state index in [0.29, 0.717) is 18.8 Å². The summed E-state index contributed by atoms with van der Waals surface area (Å²) in [4.78, 5) is 21.9. The van der Waals surface area contributed by atoms with Crippen molar-refractivity contribution in [3.63, 3.8) is 0 Å². The predicted molar refractivity (Wildman–Crippen MR) is 66.5 cm³/mol. The molecule has 2 aromatic rings. The van der Waals surface area contributed by atoms with E-state index in [0.717, 1.165) is 0 Å². The normalized spacial score (nSPS) is 13.4. The van der Waals surface area contributed by atoms with Crippen molar-refractivity contribution in [2.24, 2.45) is 0 Å². The molecule has 1 aliphatic heterocycles. The van der Waals surface area contributed by atoms with E-state index in [1.54, 1.807) is 4.90 Å². The number of nitrogens with zero attached hydrogens (tertiary/aromatic N) is 3. The second-order valence-electron chi connectivity index (χ2n) is 4.26. The highest BCUT2D eigenvalue weighted by atomic mass is 16.2. The Balaban J connectivity index is 1.84. The summed E-state index contributed by atoms with van der Waals surface area (Å²) < 4.78 is 0. The molecule has 0 spiro atoms. The molecule has 2 N–H and O–H groups in total. The van der Waals surface area contributed by atoms with E-state index < -0.39 is 0 Å². The lowest BCUT2D eigenvalue weighted by Crippen LogP contribution is -2.26. The minimum absolute atomic E-state index is 0.133. The number of aromatic nitrogens is 2. The van der Waals surface area contributed by atoms with Gasteiger partial charge in [0.1, 0.15) is 11.5 Å². The van der Waals surface area contributed by atoms with Gasteiger partial charge in [0.15, 0.2) is 0 Å². The van der Waals surface area contributed by atoms with E-state index in [1.807, 2.05) is 24.3 Å². The number of hydrogen-bond donors (Lipinski definition) is 1. The Labute approximate surface area is 104 Å². The SMILES string of the molecule is Nc1cncc(C(=O)N2Cc3ccccc3C2)n1. The number of amides is 1. The fourth-order valence-corrected chi connectivity index (χ4v) is 2.12. The highest BCUT2D eigenvalue weighted by Gasteiger charge is 2.24. The van der Waals surface area contributed by atoms with Crippen LogP contribution in [0.15, 0.2) is 36.7 Å². The maximum Gasteiger partial charge on any atom is 0.274 e. The van der Waals surface area contributed by atoms with Crippen molar-refractivity contribution in [2.45, 2.75) is 13.1 Å². The van der Waals surface area contributed by atoms with Gasteiger partial charge in [-0.2, -0.15) is 0 Å². The second-order valence-corrected chi connectivity index (χ2v) is 4.26. The average molecular weight is 240 g/mol. The topological polar surface area (TPSA) is 72.1 Å². The van der Waals surface area contributed by atoms with Gasteiger partial charge in [0, 0.05) is 13.1 Å². The fraction of sp³-hybridized carbons (Fsp3) is 0.154. The largest absolute Gasteiger partial charge is 0.382 e. The molecular weight excluding hydrogens is 228 g/mol. The summed E-state index contributed by atoms with van der Waals surface area (Å²) in [6.45, 7) is 1.23. The molecule has 1 aromatic heterocycles. The van der Waals surface area contributed by atoms with E-state index in [2.05, 4.69) is 9.97 Å². The van der Waals surface area contributed by atoms with Crippen molar-refractivity contribution >= 4 is 11.7 Å². The zero-order valence-electron chi connectivity index (χ0n) is 9.71. The van der Waals surface area contributed by atoms with Gasteiger partial charge in [-0.15, -0.1) is 0 Å². The van der Waals surface area contributed by atoms with Gasteiger partial charge in [-0.1, -0.05) is 24.3 Å². The quantitative estimate of drug-likeness (QED) is 0.813. The van der Waals surface area contributed by atoms with Crippen LogP contribution in [0.3, 0.4) is 0 Å². The summed E-state index contributed by atoms with van der Waals surface area (Å²) in [6.07, 6.45) is 2.87. The lowest BCUT2D eigenvalue weighted by Gasteiger charge is -2.14. The minimum Gasteiger partial charge on any atom is -0.382 e. The molecule has 0 aliphatic carbocycles. The van der Waals surface area contributed by atoms with E-state index >= 15 is 0 Å². The van der Waals surface area contributed by atoms with Gasteiger partial charge in [-0.05, 0) is 11.1 Å². The predicted octanol–water partition coefficient (Wildman–Crippen LogP) is 1.21. The number of hydrogen-bond acceptors (Lipinski definition) is 4. The fourth-order valence-electron chi connectivity index (χ4n) is 2.12. The third kappa shape index (κ3) is 1.79. The van der Waals surface area contributed by atoms with E-state index in [9.17, 15) is 4.79 Å². The number of benzene rings is 1. The number of anilines is 1. The lowest BCUT2D eigenvalue weighted by molar-refractivity contribution is 0.0745. The Bertz CT molecular complexity index is 586. The molecule has 0 unspecified atom stereocenters. The lowest BCUT2D eigenvalue weighted by atomic mass is 10.1. The Kier molecular flexibility index (Phi) is 2.44. The molecule has 0 saturated heterocycles. The van der Waals surface area contributed by atoms with Crippen molar-refractivity contribution < 1.29 is 4.79 Å². The van der Waals surface area contributed by atoms with Crippen molar-refractivity contribution in [1.82, 2.24) is 14.9 Å². The van der Waals surface area contributed by atoms with Crippen LogP contribution in [0, 0.1) is 0 Å². The molecule has 5 nitrogen and oxygen atoms in total. The molecule has 18 heavy (non-hydrogen) atoms. The van der Waals surface area contributed by atoms with Crippen molar-refractivity contribution in [3.05, 3.63) is 53.5 Å². The molecular formula is C13H12N4O. The van der Waals surface area contributed by atoms with Gasteiger partial charge in [-0.25, -0.2) is 4.98 Å². The Morgan fingerprint density at radius 2 is 1.83 bits per heavy atom. The standard InChI is InChI=1S/C13H12N4O/c14-12-6-15-5-11(16-12)13(18)17-7-9-3-1-2-4-10(9)8-17/h1-6H,7-8H2,(H2,14,16). The van der Waals surface area contributed by atoms with Gasteiger partial charge >= 0.3 is 0 Å². The number of carbonyl (C=O) groups is 1. The molecule has 1 aromatic carbocycles. The van der Waals surface area contributed by atoms with Crippen LogP contribution in [-0.2, 0) is 13.1 Å². The highest BCUT2D eigenvalue weighted by Crippen LogP contribution is 2.23. The summed E-state index contributed by atoms with van der Waals surface area (Å²) >= 11 is 0.